The second-order valence-corrected chi connectivity index (χ2v) is 9.31. The van der Waals surface area contributed by atoms with Crippen molar-refractivity contribution >= 4 is 32.6 Å². The number of hydrogen-bond acceptors (Lipinski definition) is 4. The molecule has 0 aliphatic heterocycles. The van der Waals surface area contributed by atoms with Crippen molar-refractivity contribution < 1.29 is 4.79 Å². The molecule has 0 spiro atoms. The molecule has 0 bridgehead atoms. The lowest BCUT2D eigenvalue weighted by molar-refractivity contribution is -0.119. The first-order chi connectivity index (χ1) is 16.7. The summed E-state index contributed by atoms with van der Waals surface area (Å²) < 4.78 is 1.08. The Bertz CT molecular complexity index is 1350. The summed E-state index contributed by atoms with van der Waals surface area (Å²) in [6.45, 7) is 2.44. The molecule has 3 aromatic carbocycles. The van der Waals surface area contributed by atoms with Crippen LogP contribution in [0.3, 0.4) is 0 Å². The van der Waals surface area contributed by atoms with Gasteiger partial charge in [-0.15, -0.1) is 0 Å². The fraction of sp³-hybridized carbons (Fsp3) is 0.138. The van der Waals surface area contributed by atoms with Gasteiger partial charge in [0.15, 0.2) is 5.13 Å². The number of rotatable bonds is 7. The number of carbonyl (C=O) groups excluding carboxylic acids is 1. The summed E-state index contributed by atoms with van der Waals surface area (Å²) >= 11 is 1.55. The number of aryl methyl sites for hydroxylation is 1. The van der Waals surface area contributed by atoms with E-state index in [1.165, 1.54) is 0 Å². The molecular weight excluding hydrogens is 438 g/mol. The molecular formula is C29H25N3OS. The number of carbonyl (C=O) groups is 1. The van der Waals surface area contributed by atoms with E-state index in [2.05, 4.69) is 48.3 Å². The van der Waals surface area contributed by atoms with Gasteiger partial charge >= 0.3 is 0 Å². The number of fused-ring (bicyclic) bond motifs is 1. The summed E-state index contributed by atoms with van der Waals surface area (Å²) in [6.07, 6.45) is 2.10. The second kappa shape index (κ2) is 9.98. The second-order valence-electron chi connectivity index (χ2n) is 8.30. The largest absolute Gasteiger partial charge is 0.282 e. The number of para-hydroxylation sites is 1. The van der Waals surface area contributed by atoms with Crippen LogP contribution in [0.15, 0.2) is 103 Å². The van der Waals surface area contributed by atoms with Crippen LogP contribution in [-0.2, 0) is 11.3 Å². The Morgan fingerprint density at radius 1 is 0.853 bits per heavy atom. The van der Waals surface area contributed by atoms with Gasteiger partial charge in [-0.25, -0.2) is 4.98 Å². The van der Waals surface area contributed by atoms with Crippen LogP contribution in [0, 0.1) is 6.92 Å². The zero-order valence-corrected chi connectivity index (χ0v) is 19.8. The minimum absolute atomic E-state index is 0.0278. The van der Waals surface area contributed by atoms with Gasteiger partial charge in [0, 0.05) is 18.5 Å². The van der Waals surface area contributed by atoms with E-state index in [0.717, 1.165) is 32.6 Å². The highest BCUT2D eigenvalue weighted by Gasteiger charge is 2.26. The van der Waals surface area contributed by atoms with Crippen LogP contribution in [-0.4, -0.2) is 15.9 Å². The molecule has 1 amide bonds. The van der Waals surface area contributed by atoms with Gasteiger partial charge in [0.2, 0.25) is 5.91 Å². The summed E-state index contributed by atoms with van der Waals surface area (Å²) in [5.74, 6) is -0.0164. The van der Waals surface area contributed by atoms with Gasteiger partial charge in [-0.1, -0.05) is 90.2 Å². The molecule has 0 aliphatic rings. The van der Waals surface area contributed by atoms with E-state index in [0.29, 0.717) is 18.1 Å². The van der Waals surface area contributed by atoms with E-state index in [9.17, 15) is 4.79 Å². The average molecular weight is 464 g/mol. The maximum atomic E-state index is 13.9. The number of amides is 1. The first kappa shape index (κ1) is 22.0. The van der Waals surface area contributed by atoms with Crippen LogP contribution in [0.25, 0.3) is 10.2 Å². The van der Waals surface area contributed by atoms with Crippen molar-refractivity contribution in [3.63, 3.8) is 0 Å². The zero-order chi connectivity index (χ0) is 23.3. The quantitative estimate of drug-likeness (QED) is 0.268. The molecule has 0 atom stereocenters. The molecule has 4 nitrogen and oxygen atoms in total. The summed E-state index contributed by atoms with van der Waals surface area (Å²) in [5, 5.41) is 0.708. The van der Waals surface area contributed by atoms with Crippen molar-refractivity contribution in [3.8, 4) is 0 Å². The summed E-state index contributed by atoms with van der Waals surface area (Å²) in [7, 11) is 0. The maximum absolute atomic E-state index is 13.9. The molecule has 2 heterocycles. The predicted octanol–water partition coefficient (Wildman–Crippen LogP) is 6.76. The lowest BCUT2D eigenvalue weighted by atomic mass is 9.88. The fourth-order valence-electron chi connectivity index (χ4n) is 4.19. The fourth-order valence-corrected chi connectivity index (χ4v) is 5.25. The number of aromatic nitrogens is 2. The van der Waals surface area contributed by atoms with Crippen molar-refractivity contribution in [2.45, 2.75) is 25.8 Å². The SMILES string of the molecule is Cc1cccc2sc(N(Cc3ccccn3)C(=O)CC(c3ccccc3)c3ccccc3)nc12. The molecule has 0 N–H and O–H groups in total. The first-order valence-corrected chi connectivity index (χ1v) is 12.2. The van der Waals surface area contributed by atoms with Gasteiger partial charge in [0.1, 0.15) is 0 Å². The number of nitrogens with zero attached hydrogens (tertiary/aromatic N) is 3. The maximum Gasteiger partial charge on any atom is 0.230 e. The van der Waals surface area contributed by atoms with Crippen LogP contribution in [0.4, 0.5) is 5.13 Å². The van der Waals surface area contributed by atoms with Crippen LogP contribution >= 0.6 is 11.3 Å². The van der Waals surface area contributed by atoms with Crippen molar-refractivity contribution in [2.75, 3.05) is 4.90 Å². The Kier molecular flexibility index (Phi) is 6.45. The zero-order valence-electron chi connectivity index (χ0n) is 19.0. The number of thiazole rings is 1. The van der Waals surface area contributed by atoms with Crippen LogP contribution in [0.2, 0.25) is 0 Å². The highest BCUT2D eigenvalue weighted by molar-refractivity contribution is 7.22. The third-order valence-electron chi connectivity index (χ3n) is 5.97. The van der Waals surface area contributed by atoms with E-state index in [4.69, 9.17) is 4.98 Å². The third kappa shape index (κ3) is 4.75. The van der Waals surface area contributed by atoms with Gasteiger partial charge in [-0.05, 0) is 41.8 Å². The molecule has 2 aromatic heterocycles. The van der Waals surface area contributed by atoms with Crippen LogP contribution in [0.1, 0.15) is 34.7 Å². The molecule has 5 heteroatoms. The van der Waals surface area contributed by atoms with Gasteiger partial charge in [-0.2, -0.15) is 0 Å². The molecule has 0 saturated carbocycles. The number of benzene rings is 3. The van der Waals surface area contributed by atoms with E-state index >= 15 is 0 Å². The molecule has 5 aromatic rings. The summed E-state index contributed by atoms with van der Waals surface area (Å²) in [5.41, 5.74) is 5.14. The predicted molar refractivity (Wildman–Crippen MR) is 139 cm³/mol. The molecule has 0 radical (unpaired) electrons. The van der Waals surface area contributed by atoms with Crippen molar-refractivity contribution in [3.05, 3.63) is 126 Å². The molecule has 168 valence electrons. The average Bonchev–Trinajstić information content (AvgIpc) is 3.33. The highest BCUT2D eigenvalue weighted by atomic mass is 32.1. The van der Waals surface area contributed by atoms with Crippen LogP contribution < -0.4 is 4.90 Å². The van der Waals surface area contributed by atoms with Gasteiger partial charge in [0.05, 0.1) is 22.5 Å². The molecule has 0 unspecified atom stereocenters. The highest BCUT2D eigenvalue weighted by Crippen LogP contribution is 2.34. The normalized spacial score (nSPS) is 11.1. The Morgan fingerprint density at radius 2 is 1.53 bits per heavy atom. The first-order valence-electron chi connectivity index (χ1n) is 11.4. The topological polar surface area (TPSA) is 46.1 Å². The van der Waals surface area contributed by atoms with E-state index in [-0.39, 0.29) is 11.8 Å². The Morgan fingerprint density at radius 3 is 2.15 bits per heavy atom. The van der Waals surface area contributed by atoms with Crippen molar-refractivity contribution in [2.24, 2.45) is 0 Å². The third-order valence-corrected chi connectivity index (χ3v) is 7.01. The smallest absolute Gasteiger partial charge is 0.230 e. The number of pyridine rings is 1. The van der Waals surface area contributed by atoms with E-state index in [1.807, 2.05) is 60.7 Å². The standard InChI is InChI=1S/C29H25N3OS/c1-21-11-10-17-26-28(21)31-29(34-26)32(20-24-16-8-9-18-30-24)27(33)19-25(22-12-4-2-5-13-22)23-14-6-3-7-15-23/h2-18,25H,19-20H2,1H3. The van der Waals surface area contributed by atoms with Gasteiger partial charge in [0.25, 0.3) is 0 Å². The Labute approximate surface area is 203 Å². The minimum Gasteiger partial charge on any atom is -0.282 e. The Hall–Kier alpha value is -3.83. The number of anilines is 1. The van der Waals surface area contributed by atoms with E-state index < -0.39 is 0 Å². The van der Waals surface area contributed by atoms with Crippen molar-refractivity contribution in [1.29, 1.82) is 0 Å². The lowest BCUT2D eigenvalue weighted by Gasteiger charge is -2.24. The van der Waals surface area contributed by atoms with Gasteiger partial charge < -0.3 is 0 Å². The molecule has 0 fully saturated rings. The molecule has 0 aliphatic carbocycles. The lowest BCUT2D eigenvalue weighted by Crippen LogP contribution is -2.32. The Balaban J connectivity index is 1.53. The van der Waals surface area contributed by atoms with E-state index in [1.54, 1.807) is 22.4 Å². The summed E-state index contributed by atoms with van der Waals surface area (Å²) in [4.78, 5) is 25.1. The molecule has 34 heavy (non-hydrogen) atoms. The molecule has 5 rings (SSSR count). The van der Waals surface area contributed by atoms with Gasteiger partial charge in [-0.3, -0.25) is 14.7 Å². The van der Waals surface area contributed by atoms with Crippen molar-refractivity contribution in [1.82, 2.24) is 9.97 Å². The van der Waals surface area contributed by atoms with Crippen LogP contribution in [0.5, 0.6) is 0 Å². The molecule has 0 saturated heterocycles. The monoisotopic (exact) mass is 463 g/mol. The summed E-state index contributed by atoms with van der Waals surface area (Å²) in [6, 6.07) is 32.4. The minimum atomic E-state index is -0.0442. The number of hydrogen-bond donors (Lipinski definition) is 0.